The second kappa shape index (κ2) is 2.59. The van der Waals surface area contributed by atoms with Gasteiger partial charge in [0.15, 0.2) is 0 Å². The van der Waals surface area contributed by atoms with Crippen LogP contribution in [0, 0.1) is 11.3 Å². The van der Waals surface area contributed by atoms with Crippen molar-refractivity contribution < 1.29 is 9.90 Å². The highest BCUT2D eigenvalue weighted by Crippen LogP contribution is 2.64. The van der Waals surface area contributed by atoms with Gasteiger partial charge in [0.25, 0.3) is 0 Å². The Morgan fingerprint density at radius 1 is 1.64 bits per heavy atom. The van der Waals surface area contributed by atoms with Crippen LogP contribution < -0.4 is 0 Å². The molecule has 2 atom stereocenters. The molecule has 1 aliphatic rings. The molecule has 4 nitrogen and oxygen atoms in total. The van der Waals surface area contributed by atoms with Crippen molar-refractivity contribution in [3.63, 3.8) is 0 Å². The molecule has 0 unspecified atom stereocenters. The summed E-state index contributed by atoms with van der Waals surface area (Å²) in [5.74, 6) is -0.843. The average molecular weight is 194 g/mol. The van der Waals surface area contributed by atoms with Crippen LogP contribution >= 0.6 is 0 Å². The van der Waals surface area contributed by atoms with E-state index in [1.165, 1.54) is 0 Å². The minimum Gasteiger partial charge on any atom is -0.481 e. The zero-order valence-electron chi connectivity index (χ0n) is 8.56. The Hall–Kier alpha value is -1.32. The molecule has 0 aliphatic heterocycles. The first kappa shape index (κ1) is 9.24. The average Bonchev–Trinajstić information content (AvgIpc) is 2.42. The molecular weight excluding hydrogens is 180 g/mol. The van der Waals surface area contributed by atoms with Crippen molar-refractivity contribution in [1.82, 2.24) is 9.78 Å². The predicted molar refractivity (Wildman–Crippen MR) is 50.9 cm³/mol. The fourth-order valence-electron chi connectivity index (χ4n) is 2.32. The highest BCUT2D eigenvalue weighted by Gasteiger charge is 2.63. The summed E-state index contributed by atoms with van der Waals surface area (Å²) in [5.41, 5.74) is 0.902. The van der Waals surface area contributed by atoms with Gasteiger partial charge in [0.05, 0.1) is 12.1 Å². The maximum absolute atomic E-state index is 10.9. The van der Waals surface area contributed by atoms with Gasteiger partial charge in [0.1, 0.15) is 0 Å². The summed E-state index contributed by atoms with van der Waals surface area (Å²) in [4.78, 5) is 10.9. The maximum Gasteiger partial charge on any atom is 0.307 e. The van der Waals surface area contributed by atoms with Gasteiger partial charge in [0, 0.05) is 19.2 Å². The molecule has 1 saturated carbocycles. The van der Waals surface area contributed by atoms with Gasteiger partial charge < -0.3 is 5.11 Å². The Kier molecular flexibility index (Phi) is 1.71. The van der Waals surface area contributed by atoms with Crippen LogP contribution in [0.5, 0.6) is 0 Å². The zero-order chi connectivity index (χ0) is 10.5. The fourth-order valence-corrected chi connectivity index (χ4v) is 2.32. The Morgan fingerprint density at radius 2 is 2.29 bits per heavy atom. The van der Waals surface area contributed by atoms with E-state index in [0.717, 1.165) is 5.56 Å². The normalized spacial score (nSPS) is 28.8. The third-order valence-corrected chi connectivity index (χ3v) is 3.18. The molecule has 0 saturated heterocycles. The molecule has 1 N–H and O–H groups in total. The number of carboxylic acids is 1. The molecule has 1 aliphatic carbocycles. The van der Waals surface area contributed by atoms with Gasteiger partial charge >= 0.3 is 5.97 Å². The molecule has 76 valence electrons. The predicted octanol–water partition coefficient (Wildman–Crippen LogP) is 1.24. The molecule has 1 aromatic rings. The highest BCUT2D eigenvalue weighted by molar-refractivity contribution is 5.77. The summed E-state index contributed by atoms with van der Waals surface area (Å²) in [6.45, 7) is 3.98. The molecule has 0 radical (unpaired) electrons. The highest BCUT2D eigenvalue weighted by atomic mass is 16.4. The maximum atomic E-state index is 10.9. The van der Waals surface area contributed by atoms with Crippen LogP contribution in [-0.2, 0) is 11.8 Å². The van der Waals surface area contributed by atoms with Crippen molar-refractivity contribution in [3.8, 4) is 0 Å². The van der Waals surface area contributed by atoms with E-state index < -0.39 is 5.97 Å². The summed E-state index contributed by atoms with van der Waals surface area (Å²) in [6.07, 6.45) is 3.66. The second-order valence-corrected chi connectivity index (χ2v) is 4.56. The third-order valence-electron chi connectivity index (χ3n) is 3.18. The molecule has 1 heterocycles. The molecule has 14 heavy (non-hydrogen) atoms. The van der Waals surface area contributed by atoms with Crippen LogP contribution in [0.15, 0.2) is 12.4 Å². The number of nitrogens with zero attached hydrogens (tertiary/aromatic N) is 2. The van der Waals surface area contributed by atoms with Crippen molar-refractivity contribution in [2.45, 2.75) is 19.8 Å². The Bertz CT molecular complexity index is 381. The van der Waals surface area contributed by atoms with Crippen LogP contribution in [0.3, 0.4) is 0 Å². The first-order chi connectivity index (χ1) is 6.44. The molecule has 0 bridgehead atoms. The zero-order valence-corrected chi connectivity index (χ0v) is 8.56. The SMILES string of the molecule is Cn1cc([C@H]2[C@H](C(=O)O)C2(C)C)cn1. The molecule has 1 fully saturated rings. The quantitative estimate of drug-likeness (QED) is 0.770. The van der Waals surface area contributed by atoms with Gasteiger partial charge in [-0.2, -0.15) is 5.10 Å². The van der Waals surface area contributed by atoms with E-state index in [1.807, 2.05) is 27.1 Å². The lowest BCUT2D eigenvalue weighted by atomic mass is 10.1. The number of aryl methyl sites for hydroxylation is 1. The monoisotopic (exact) mass is 194 g/mol. The number of carboxylic acid groups (broad SMARTS) is 1. The van der Waals surface area contributed by atoms with Gasteiger partial charge in [-0.3, -0.25) is 9.48 Å². The van der Waals surface area contributed by atoms with Crippen molar-refractivity contribution in [2.24, 2.45) is 18.4 Å². The Labute approximate surface area is 82.5 Å². The molecule has 4 heteroatoms. The lowest BCUT2D eigenvalue weighted by Gasteiger charge is -1.97. The lowest BCUT2D eigenvalue weighted by Crippen LogP contribution is -2.03. The number of carbonyl (C=O) groups is 1. The van der Waals surface area contributed by atoms with Crippen molar-refractivity contribution in [2.75, 3.05) is 0 Å². The standard InChI is InChI=1S/C10H14N2O2/c1-10(2)7(8(10)9(13)14)6-4-11-12(3)5-6/h4-5,7-8H,1-3H3,(H,13,14)/t7-,8+/m0/s1. The first-order valence-corrected chi connectivity index (χ1v) is 4.66. The smallest absolute Gasteiger partial charge is 0.307 e. The fraction of sp³-hybridized carbons (Fsp3) is 0.600. The Morgan fingerprint density at radius 3 is 2.64 bits per heavy atom. The van der Waals surface area contributed by atoms with Gasteiger partial charge in [-0.15, -0.1) is 0 Å². The van der Waals surface area contributed by atoms with E-state index >= 15 is 0 Å². The molecule has 1 aromatic heterocycles. The molecule has 2 rings (SSSR count). The topological polar surface area (TPSA) is 55.1 Å². The largest absolute Gasteiger partial charge is 0.481 e. The van der Waals surface area contributed by atoms with E-state index in [9.17, 15) is 4.79 Å². The molecule has 0 amide bonds. The van der Waals surface area contributed by atoms with E-state index in [0.29, 0.717) is 0 Å². The van der Waals surface area contributed by atoms with Gasteiger partial charge in [-0.1, -0.05) is 13.8 Å². The summed E-state index contributed by atoms with van der Waals surface area (Å²) in [7, 11) is 1.84. The summed E-state index contributed by atoms with van der Waals surface area (Å²) in [5, 5.41) is 13.1. The summed E-state index contributed by atoms with van der Waals surface area (Å²) in [6, 6.07) is 0. The molecule has 0 spiro atoms. The minimum atomic E-state index is -0.705. The number of rotatable bonds is 2. The third kappa shape index (κ3) is 1.14. The minimum absolute atomic E-state index is 0.119. The van der Waals surface area contributed by atoms with Gasteiger partial charge in [-0.05, 0) is 11.0 Å². The lowest BCUT2D eigenvalue weighted by molar-refractivity contribution is -0.139. The van der Waals surface area contributed by atoms with Crippen molar-refractivity contribution in [3.05, 3.63) is 18.0 Å². The van der Waals surface area contributed by atoms with Crippen LogP contribution in [-0.4, -0.2) is 20.9 Å². The Balaban J connectivity index is 2.27. The second-order valence-electron chi connectivity index (χ2n) is 4.56. The van der Waals surface area contributed by atoms with Crippen LogP contribution in [0.4, 0.5) is 0 Å². The van der Waals surface area contributed by atoms with E-state index in [-0.39, 0.29) is 17.3 Å². The van der Waals surface area contributed by atoms with Crippen LogP contribution in [0.2, 0.25) is 0 Å². The number of hydrogen-bond acceptors (Lipinski definition) is 2. The number of aliphatic carboxylic acids is 1. The van der Waals surface area contributed by atoms with E-state index in [2.05, 4.69) is 5.10 Å². The van der Waals surface area contributed by atoms with Gasteiger partial charge in [-0.25, -0.2) is 0 Å². The number of hydrogen-bond donors (Lipinski definition) is 1. The number of aromatic nitrogens is 2. The van der Waals surface area contributed by atoms with Crippen LogP contribution in [0.25, 0.3) is 0 Å². The summed E-state index contributed by atoms with van der Waals surface area (Å²) < 4.78 is 1.71. The van der Waals surface area contributed by atoms with E-state index in [1.54, 1.807) is 10.9 Å². The van der Waals surface area contributed by atoms with Crippen LogP contribution in [0.1, 0.15) is 25.3 Å². The summed E-state index contributed by atoms with van der Waals surface area (Å²) >= 11 is 0. The molecular formula is C10H14N2O2. The van der Waals surface area contributed by atoms with Crippen molar-refractivity contribution in [1.29, 1.82) is 0 Å². The van der Waals surface area contributed by atoms with Crippen molar-refractivity contribution >= 4 is 5.97 Å². The van der Waals surface area contributed by atoms with Gasteiger partial charge in [0.2, 0.25) is 0 Å². The van der Waals surface area contributed by atoms with E-state index in [4.69, 9.17) is 5.11 Å². The first-order valence-electron chi connectivity index (χ1n) is 4.66. The molecule has 0 aromatic carbocycles.